The fraction of sp³-hybridized carbons (Fsp3) is 0.150. The number of sulfonamides is 1. The summed E-state index contributed by atoms with van der Waals surface area (Å²) in [5.74, 6) is -2.14. The van der Waals surface area contributed by atoms with Gasteiger partial charge in [0, 0.05) is 10.9 Å². The van der Waals surface area contributed by atoms with E-state index in [0.29, 0.717) is 10.8 Å². The highest BCUT2D eigenvalue weighted by molar-refractivity contribution is 7.89. The van der Waals surface area contributed by atoms with Crippen LogP contribution in [0.1, 0.15) is 5.56 Å². The Balaban J connectivity index is 1.46. The Morgan fingerprint density at radius 2 is 1.77 bits per heavy atom. The summed E-state index contributed by atoms with van der Waals surface area (Å²) < 4.78 is 43.8. The zero-order chi connectivity index (χ0) is 22.4. The van der Waals surface area contributed by atoms with E-state index < -0.39 is 40.9 Å². The van der Waals surface area contributed by atoms with Gasteiger partial charge in [-0.25, -0.2) is 17.8 Å². The number of carbonyl (C=O) groups excluding carboxylic acids is 2. The molecule has 31 heavy (non-hydrogen) atoms. The second kappa shape index (κ2) is 9.77. The minimum absolute atomic E-state index is 0.201. The van der Waals surface area contributed by atoms with Crippen molar-refractivity contribution in [3.8, 4) is 11.3 Å². The van der Waals surface area contributed by atoms with Crippen LogP contribution in [-0.4, -0.2) is 38.4 Å². The summed E-state index contributed by atoms with van der Waals surface area (Å²) in [6.45, 7) is 0.698. The Bertz CT molecular complexity index is 1180. The molecule has 2 N–H and O–H groups in total. The number of benzene rings is 2. The zero-order valence-electron chi connectivity index (χ0n) is 16.3. The molecule has 0 aliphatic rings. The Kier molecular flexibility index (Phi) is 7.10. The number of esters is 1. The topological polar surface area (TPSA) is 114 Å². The standard InChI is InChI=1S/C20H18FN3O5S2/c1-13-2-4-14(5-3-13)17-12-30-20(23-17)24-18(25)11-29-19(26)10-22-31(27,28)16-8-6-15(21)7-9-16/h2-9,12,22H,10-11H2,1H3,(H,23,24,25). The molecule has 0 radical (unpaired) electrons. The van der Waals surface area contributed by atoms with E-state index in [1.807, 2.05) is 35.9 Å². The highest BCUT2D eigenvalue weighted by Crippen LogP contribution is 2.25. The third kappa shape index (κ3) is 6.41. The molecule has 0 aliphatic carbocycles. The monoisotopic (exact) mass is 463 g/mol. The van der Waals surface area contributed by atoms with Crippen LogP contribution >= 0.6 is 11.3 Å². The number of nitrogens with zero attached hydrogens (tertiary/aromatic N) is 1. The van der Waals surface area contributed by atoms with Crippen molar-refractivity contribution in [2.24, 2.45) is 0 Å². The van der Waals surface area contributed by atoms with Crippen LogP contribution in [0.2, 0.25) is 0 Å². The third-order valence-corrected chi connectivity index (χ3v) is 6.17. The maximum Gasteiger partial charge on any atom is 0.321 e. The number of halogens is 1. The number of aryl methyl sites for hydroxylation is 1. The van der Waals surface area contributed by atoms with Gasteiger partial charge in [0.05, 0.1) is 10.6 Å². The predicted molar refractivity (Wildman–Crippen MR) is 113 cm³/mol. The molecular weight excluding hydrogens is 445 g/mol. The number of rotatable bonds is 8. The van der Waals surface area contributed by atoms with Crippen molar-refractivity contribution >= 4 is 38.4 Å². The van der Waals surface area contributed by atoms with Crippen molar-refractivity contribution in [1.82, 2.24) is 9.71 Å². The van der Waals surface area contributed by atoms with Crippen LogP contribution in [0, 0.1) is 12.7 Å². The van der Waals surface area contributed by atoms with E-state index >= 15 is 0 Å². The van der Waals surface area contributed by atoms with Crippen LogP contribution in [0.3, 0.4) is 0 Å². The molecule has 162 valence electrons. The number of aromatic nitrogens is 1. The number of anilines is 1. The van der Waals surface area contributed by atoms with E-state index in [0.717, 1.165) is 35.4 Å². The van der Waals surface area contributed by atoms with Gasteiger partial charge in [-0.1, -0.05) is 29.8 Å². The normalized spacial score (nSPS) is 11.2. The van der Waals surface area contributed by atoms with Gasteiger partial charge in [-0.05, 0) is 31.2 Å². The lowest BCUT2D eigenvalue weighted by atomic mass is 10.1. The molecule has 3 rings (SSSR count). The Morgan fingerprint density at radius 3 is 2.45 bits per heavy atom. The summed E-state index contributed by atoms with van der Waals surface area (Å²) in [5.41, 5.74) is 2.73. The van der Waals surface area contributed by atoms with Gasteiger partial charge in [-0.3, -0.25) is 14.9 Å². The van der Waals surface area contributed by atoms with Gasteiger partial charge >= 0.3 is 5.97 Å². The molecule has 1 heterocycles. The van der Waals surface area contributed by atoms with Gasteiger partial charge in [0.1, 0.15) is 12.4 Å². The minimum atomic E-state index is -4.01. The van der Waals surface area contributed by atoms with Gasteiger partial charge in [-0.2, -0.15) is 4.72 Å². The highest BCUT2D eigenvalue weighted by atomic mass is 32.2. The average Bonchev–Trinajstić information content (AvgIpc) is 3.20. The molecule has 8 nitrogen and oxygen atoms in total. The second-order valence-corrected chi connectivity index (χ2v) is 9.02. The highest BCUT2D eigenvalue weighted by Gasteiger charge is 2.17. The molecule has 11 heteroatoms. The number of carbonyl (C=O) groups is 2. The van der Waals surface area contributed by atoms with E-state index in [1.54, 1.807) is 5.38 Å². The molecule has 1 amide bonds. The van der Waals surface area contributed by atoms with Crippen molar-refractivity contribution < 1.29 is 27.1 Å². The van der Waals surface area contributed by atoms with Gasteiger partial charge in [-0.15, -0.1) is 11.3 Å². The first-order valence-corrected chi connectivity index (χ1v) is 11.3. The third-order valence-electron chi connectivity index (χ3n) is 3.99. The fourth-order valence-electron chi connectivity index (χ4n) is 2.39. The quantitative estimate of drug-likeness (QED) is 0.497. The van der Waals surface area contributed by atoms with E-state index in [4.69, 9.17) is 4.74 Å². The fourth-order valence-corrected chi connectivity index (χ4v) is 4.10. The first-order valence-electron chi connectivity index (χ1n) is 8.96. The lowest BCUT2D eigenvalue weighted by Crippen LogP contribution is -2.32. The largest absolute Gasteiger partial charge is 0.455 e. The molecule has 0 saturated heterocycles. The molecule has 0 saturated carbocycles. The van der Waals surface area contributed by atoms with Crippen molar-refractivity contribution in [2.75, 3.05) is 18.5 Å². The van der Waals surface area contributed by atoms with Gasteiger partial charge in [0.25, 0.3) is 5.91 Å². The molecule has 3 aromatic rings. The van der Waals surface area contributed by atoms with Crippen molar-refractivity contribution in [1.29, 1.82) is 0 Å². The van der Waals surface area contributed by atoms with Crippen molar-refractivity contribution in [3.63, 3.8) is 0 Å². The smallest absolute Gasteiger partial charge is 0.321 e. The molecule has 0 atom stereocenters. The Morgan fingerprint density at radius 1 is 1.10 bits per heavy atom. The Labute approximate surface area is 182 Å². The van der Waals surface area contributed by atoms with Crippen LogP contribution < -0.4 is 10.0 Å². The summed E-state index contributed by atoms with van der Waals surface area (Å²) in [5, 5.41) is 4.65. The first kappa shape index (κ1) is 22.5. The number of thiazole rings is 1. The number of nitrogens with one attached hydrogen (secondary N) is 2. The maximum atomic E-state index is 12.9. The first-order chi connectivity index (χ1) is 14.7. The van der Waals surface area contributed by atoms with E-state index in [-0.39, 0.29) is 4.90 Å². The molecule has 0 unspecified atom stereocenters. The molecule has 0 fully saturated rings. The maximum absolute atomic E-state index is 12.9. The number of ether oxygens (including phenoxy) is 1. The molecular formula is C20H18FN3O5S2. The molecule has 0 bridgehead atoms. The number of amides is 1. The molecule has 0 spiro atoms. The Hall–Kier alpha value is -3.15. The van der Waals surface area contributed by atoms with Gasteiger partial charge in [0.2, 0.25) is 10.0 Å². The van der Waals surface area contributed by atoms with Gasteiger partial charge < -0.3 is 4.74 Å². The summed E-state index contributed by atoms with van der Waals surface area (Å²) in [4.78, 5) is 27.8. The van der Waals surface area contributed by atoms with Crippen LogP contribution in [-0.2, 0) is 24.3 Å². The van der Waals surface area contributed by atoms with Crippen LogP contribution in [0.5, 0.6) is 0 Å². The average molecular weight is 464 g/mol. The summed E-state index contributed by atoms with van der Waals surface area (Å²) in [6, 6.07) is 11.9. The number of hydrogen-bond donors (Lipinski definition) is 2. The molecule has 2 aromatic carbocycles. The van der Waals surface area contributed by atoms with Crippen LogP contribution in [0.4, 0.5) is 9.52 Å². The lowest BCUT2D eigenvalue weighted by molar-refractivity contribution is -0.146. The summed E-state index contributed by atoms with van der Waals surface area (Å²) in [6.07, 6.45) is 0. The summed E-state index contributed by atoms with van der Waals surface area (Å²) in [7, 11) is -4.01. The molecule has 1 aromatic heterocycles. The SMILES string of the molecule is Cc1ccc(-c2csc(NC(=O)COC(=O)CNS(=O)(=O)c3ccc(F)cc3)n2)cc1. The van der Waals surface area contributed by atoms with E-state index in [2.05, 4.69) is 10.3 Å². The predicted octanol–water partition coefficient (Wildman–Crippen LogP) is 2.72. The minimum Gasteiger partial charge on any atom is -0.455 e. The summed E-state index contributed by atoms with van der Waals surface area (Å²) >= 11 is 1.22. The molecule has 0 aliphatic heterocycles. The van der Waals surface area contributed by atoms with Gasteiger partial charge in [0.15, 0.2) is 11.7 Å². The van der Waals surface area contributed by atoms with E-state index in [1.165, 1.54) is 11.3 Å². The second-order valence-electron chi connectivity index (χ2n) is 6.39. The lowest BCUT2D eigenvalue weighted by Gasteiger charge is -2.07. The van der Waals surface area contributed by atoms with E-state index in [9.17, 15) is 22.4 Å². The van der Waals surface area contributed by atoms with Crippen LogP contribution in [0.15, 0.2) is 58.8 Å². The van der Waals surface area contributed by atoms with Crippen molar-refractivity contribution in [2.45, 2.75) is 11.8 Å². The zero-order valence-corrected chi connectivity index (χ0v) is 17.9. The van der Waals surface area contributed by atoms with Crippen LogP contribution in [0.25, 0.3) is 11.3 Å². The number of hydrogen-bond acceptors (Lipinski definition) is 7. The van der Waals surface area contributed by atoms with Crippen molar-refractivity contribution in [3.05, 3.63) is 65.3 Å².